The van der Waals surface area contributed by atoms with Gasteiger partial charge in [-0.3, -0.25) is 0 Å². The van der Waals surface area contributed by atoms with Gasteiger partial charge in [0.05, 0.1) is 25.8 Å². The van der Waals surface area contributed by atoms with Gasteiger partial charge in [-0.1, -0.05) is 6.92 Å². The summed E-state index contributed by atoms with van der Waals surface area (Å²) in [4.78, 5) is 0. The van der Waals surface area contributed by atoms with Crippen LogP contribution in [-0.2, 0) is 21.3 Å². The smallest absolute Gasteiger partial charge is 0.274 e. The van der Waals surface area contributed by atoms with Crippen LogP contribution in [0.3, 0.4) is 0 Å². The lowest BCUT2D eigenvalue weighted by Crippen LogP contribution is -2.40. The number of nitrogens with one attached hydrogen (secondary N) is 2. The molecule has 0 spiro atoms. The second kappa shape index (κ2) is 7.61. The first-order valence-electron chi connectivity index (χ1n) is 5.95. The van der Waals surface area contributed by atoms with Crippen LogP contribution in [0.4, 0.5) is 0 Å². The molecule has 0 amide bonds. The molecule has 1 heterocycles. The average Bonchev–Trinajstić information content (AvgIpc) is 2.85. The molecule has 0 radical (unpaired) electrons. The van der Waals surface area contributed by atoms with Gasteiger partial charge in [-0.2, -0.15) is 0 Å². The Morgan fingerprint density at radius 2 is 2.21 bits per heavy atom. The van der Waals surface area contributed by atoms with Crippen LogP contribution >= 0.6 is 0 Å². The van der Waals surface area contributed by atoms with E-state index in [4.69, 9.17) is 14.3 Å². The Balaban J connectivity index is 2.73. The van der Waals surface area contributed by atoms with Crippen molar-refractivity contribution in [3.8, 4) is 0 Å². The minimum absolute atomic E-state index is 0.0840. The fourth-order valence-corrected chi connectivity index (χ4v) is 2.61. The Morgan fingerprint density at radius 3 is 2.79 bits per heavy atom. The molecular formula is C11H20N2O5S. The normalized spacial score (nSPS) is 13.6. The number of ether oxygens (including phenoxy) is 1. The van der Waals surface area contributed by atoms with Crippen LogP contribution in [0.25, 0.3) is 0 Å². The van der Waals surface area contributed by atoms with Gasteiger partial charge in [0.1, 0.15) is 5.76 Å². The van der Waals surface area contributed by atoms with Crippen molar-refractivity contribution in [3.05, 3.63) is 17.9 Å². The fourth-order valence-electron chi connectivity index (χ4n) is 1.45. The molecule has 1 aromatic heterocycles. The minimum atomic E-state index is -3.78. The Kier molecular flexibility index (Phi) is 6.46. The highest BCUT2D eigenvalue weighted by Gasteiger charge is 2.22. The van der Waals surface area contributed by atoms with E-state index < -0.39 is 16.1 Å². The molecule has 0 aromatic carbocycles. The predicted octanol–water partition coefficient (Wildman–Crippen LogP) is -0.325. The maximum atomic E-state index is 12.0. The van der Waals surface area contributed by atoms with Crippen molar-refractivity contribution in [2.75, 3.05) is 26.9 Å². The van der Waals surface area contributed by atoms with E-state index in [2.05, 4.69) is 10.0 Å². The highest BCUT2D eigenvalue weighted by atomic mass is 32.2. The number of sulfonamides is 1. The molecule has 1 rings (SSSR count). The summed E-state index contributed by atoms with van der Waals surface area (Å²) in [6.45, 7) is 2.91. The molecule has 0 aliphatic carbocycles. The molecule has 0 saturated carbocycles. The predicted molar refractivity (Wildman–Crippen MR) is 69.2 cm³/mol. The number of hydrogen-bond donors (Lipinski definition) is 3. The average molecular weight is 292 g/mol. The number of methoxy groups -OCH3 is 1. The van der Waals surface area contributed by atoms with Crippen molar-refractivity contribution in [3.63, 3.8) is 0 Å². The molecule has 0 aliphatic rings. The third kappa shape index (κ3) is 4.92. The molecule has 0 saturated heterocycles. The first-order chi connectivity index (χ1) is 9.03. The molecule has 8 heteroatoms. The molecule has 0 aliphatic heterocycles. The van der Waals surface area contributed by atoms with Gasteiger partial charge in [0.2, 0.25) is 5.09 Å². The molecule has 110 valence electrons. The van der Waals surface area contributed by atoms with Crippen LogP contribution in [0.2, 0.25) is 0 Å². The van der Waals surface area contributed by atoms with Gasteiger partial charge >= 0.3 is 0 Å². The molecule has 0 bridgehead atoms. The number of hydrogen-bond acceptors (Lipinski definition) is 6. The highest BCUT2D eigenvalue weighted by molar-refractivity contribution is 7.89. The number of aliphatic hydroxyl groups excluding tert-OH is 1. The van der Waals surface area contributed by atoms with E-state index in [1.54, 1.807) is 6.07 Å². The number of aliphatic hydroxyl groups is 1. The van der Waals surface area contributed by atoms with Gasteiger partial charge < -0.3 is 19.6 Å². The minimum Gasteiger partial charge on any atom is -0.447 e. The van der Waals surface area contributed by atoms with Crippen LogP contribution < -0.4 is 10.0 Å². The van der Waals surface area contributed by atoms with Crippen molar-refractivity contribution in [1.29, 1.82) is 0 Å². The van der Waals surface area contributed by atoms with E-state index in [0.29, 0.717) is 12.3 Å². The maximum absolute atomic E-state index is 12.0. The lowest BCUT2D eigenvalue weighted by atomic mass is 10.4. The monoisotopic (exact) mass is 292 g/mol. The summed E-state index contributed by atoms with van der Waals surface area (Å²) in [5.74, 6) is 0.537. The molecule has 0 fully saturated rings. The molecule has 3 N–H and O–H groups in total. The number of furan rings is 1. The van der Waals surface area contributed by atoms with Crippen molar-refractivity contribution >= 4 is 10.0 Å². The second-order valence-corrected chi connectivity index (χ2v) is 5.60. The Bertz CT molecular complexity index is 471. The molecule has 1 atom stereocenters. The summed E-state index contributed by atoms with van der Waals surface area (Å²) < 4.78 is 36.3. The van der Waals surface area contributed by atoms with Crippen molar-refractivity contribution in [2.45, 2.75) is 24.6 Å². The summed E-state index contributed by atoms with van der Waals surface area (Å²) in [5.41, 5.74) is 0. The zero-order chi connectivity index (χ0) is 14.3. The molecule has 1 aromatic rings. The van der Waals surface area contributed by atoms with E-state index in [1.807, 2.05) is 6.92 Å². The SMILES string of the molecule is CCNCc1ccc(S(=O)(=O)NC(CO)COC)o1. The van der Waals surface area contributed by atoms with Crippen LogP contribution in [-0.4, -0.2) is 46.4 Å². The fraction of sp³-hybridized carbons (Fsp3) is 0.636. The summed E-state index contributed by atoms with van der Waals surface area (Å²) in [6.07, 6.45) is 0. The summed E-state index contributed by atoms with van der Waals surface area (Å²) in [5, 5.41) is 11.9. The Hall–Kier alpha value is -0.930. The molecule has 19 heavy (non-hydrogen) atoms. The highest BCUT2D eigenvalue weighted by Crippen LogP contribution is 2.14. The summed E-state index contributed by atoms with van der Waals surface area (Å²) in [6, 6.07) is 2.29. The van der Waals surface area contributed by atoms with Gasteiger partial charge in [-0.15, -0.1) is 0 Å². The first kappa shape index (κ1) is 16.1. The summed E-state index contributed by atoms with van der Waals surface area (Å²) in [7, 11) is -2.35. The van der Waals surface area contributed by atoms with E-state index in [1.165, 1.54) is 13.2 Å². The standard InChI is InChI=1S/C11H20N2O5S/c1-3-12-6-10-4-5-11(18-10)19(15,16)13-9(7-14)8-17-2/h4-5,9,12-14H,3,6-8H2,1-2H3. The quantitative estimate of drug-likeness (QED) is 0.576. The third-order valence-electron chi connectivity index (χ3n) is 2.36. The van der Waals surface area contributed by atoms with Crippen molar-refractivity contribution in [2.24, 2.45) is 0 Å². The largest absolute Gasteiger partial charge is 0.447 e. The van der Waals surface area contributed by atoms with Gasteiger partial charge in [0.25, 0.3) is 10.0 Å². The summed E-state index contributed by atoms with van der Waals surface area (Å²) >= 11 is 0. The maximum Gasteiger partial charge on any atom is 0.274 e. The zero-order valence-corrected chi connectivity index (χ0v) is 11.9. The van der Waals surface area contributed by atoms with Gasteiger partial charge in [0.15, 0.2) is 0 Å². The molecule has 1 unspecified atom stereocenters. The van der Waals surface area contributed by atoms with E-state index >= 15 is 0 Å². The van der Waals surface area contributed by atoms with Crippen molar-refractivity contribution in [1.82, 2.24) is 10.0 Å². The van der Waals surface area contributed by atoms with E-state index in [0.717, 1.165) is 6.54 Å². The van der Waals surface area contributed by atoms with Crippen LogP contribution in [0.5, 0.6) is 0 Å². The van der Waals surface area contributed by atoms with Crippen LogP contribution in [0.1, 0.15) is 12.7 Å². The van der Waals surface area contributed by atoms with Gasteiger partial charge in [-0.05, 0) is 18.7 Å². The van der Waals surface area contributed by atoms with E-state index in [9.17, 15) is 8.42 Å². The molecular weight excluding hydrogens is 272 g/mol. The Morgan fingerprint density at radius 1 is 1.47 bits per heavy atom. The first-order valence-corrected chi connectivity index (χ1v) is 7.43. The van der Waals surface area contributed by atoms with E-state index in [-0.39, 0.29) is 18.3 Å². The Labute approximate surface area is 113 Å². The lowest BCUT2D eigenvalue weighted by Gasteiger charge is -2.13. The van der Waals surface area contributed by atoms with Crippen LogP contribution in [0, 0.1) is 0 Å². The zero-order valence-electron chi connectivity index (χ0n) is 11.0. The second-order valence-electron chi connectivity index (χ2n) is 3.96. The van der Waals surface area contributed by atoms with Crippen LogP contribution in [0.15, 0.2) is 21.6 Å². The third-order valence-corrected chi connectivity index (χ3v) is 3.75. The topological polar surface area (TPSA) is 101 Å². The molecule has 7 nitrogen and oxygen atoms in total. The van der Waals surface area contributed by atoms with Gasteiger partial charge in [-0.25, -0.2) is 13.1 Å². The van der Waals surface area contributed by atoms with Gasteiger partial charge in [0, 0.05) is 7.11 Å². The lowest BCUT2D eigenvalue weighted by molar-refractivity contribution is 0.138. The number of rotatable bonds is 9. The van der Waals surface area contributed by atoms with Crippen molar-refractivity contribution < 1.29 is 22.7 Å².